The maximum Gasteiger partial charge on any atom is 0.251 e. The van der Waals surface area contributed by atoms with Crippen molar-refractivity contribution in [1.82, 2.24) is 19.4 Å². The van der Waals surface area contributed by atoms with E-state index in [1.807, 2.05) is 30.3 Å². The molecular weight excluding hydrogens is 452 g/mol. The number of hydrogen-bond donors (Lipinski definition) is 2. The summed E-state index contributed by atoms with van der Waals surface area (Å²) in [7, 11) is -3.65. The molecule has 0 aliphatic rings. The molecule has 1 amide bonds. The lowest BCUT2D eigenvalue weighted by Gasteiger charge is -2.18. The fraction of sp³-hybridized carbons (Fsp3) is 0.292. The van der Waals surface area contributed by atoms with Gasteiger partial charge in [0.1, 0.15) is 17.5 Å². The Morgan fingerprint density at radius 3 is 2.50 bits per heavy atom. The summed E-state index contributed by atoms with van der Waals surface area (Å²) in [6.45, 7) is 4.57. The Kier molecular flexibility index (Phi) is 8.04. The third kappa shape index (κ3) is 5.27. The first-order chi connectivity index (χ1) is 16.3. The number of nitrogens with zero attached hydrogens (tertiary/aromatic N) is 4. The van der Waals surface area contributed by atoms with Crippen LogP contribution in [0.2, 0.25) is 0 Å². The maximum absolute atomic E-state index is 12.7. The van der Waals surface area contributed by atoms with Gasteiger partial charge in [-0.3, -0.25) is 4.79 Å². The molecule has 0 unspecified atom stereocenters. The fourth-order valence-electron chi connectivity index (χ4n) is 3.61. The molecule has 0 saturated heterocycles. The molecular formula is C24H28N6O3S. The number of amides is 1. The van der Waals surface area contributed by atoms with E-state index in [0.29, 0.717) is 43.7 Å². The van der Waals surface area contributed by atoms with Crippen molar-refractivity contribution in [3.63, 3.8) is 0 Å². The Labute approximate surface area is 199 Å². The average molecular weight is 481 g/mol. The molecule has 3 rings (SSSR count). The third-order valence-electron chi connectivity index (χ3n) is 5.42. The third-order valence-corrected chi connectivity index (χ3v) is 7.47. The van der Waals surface area contributed by atoms with Gasteiger partial charge in [-0.2, -0.15) is 14.7 Å². The Morgan fingerprint density at radius 1 is 1.15 bits per heavy atom. The molecule has 9 nitrogen and oxygen atoms in total. The van der Waals surface area contributed by atoms with E-state index in [9.17, 15) is 18.5 Å². The van der Waals surface area contributed by atoms with E-state index in [1.165, 1.54) is 21.1 Å². The van der Waals surface area contributed by atoms with Crippen LogP contribution in [-0.4, -0.2) is 48.0 Å². The molecule has 0 atom stereocenters. The van der Waals surface area contributed by atoms with Gasteiger partial charge in [-0.15, -0.1) is 0 Å². The van der Waals surface area contributed by atoms with Crippen molar-refractivity contribution >= 4 is 21.7 Å². The molecule has 34 heavy (non-hydrogen) atoms. The smallest absolute Gasteiger partial charge is 0.251 e. The van der Waals surface area contributed by atoms with Crippen molar-refractivity contribution in [1.29, 1.82) is 5.26 Å². The van der Waals surface area contributed by atoms with Gasteiger partial charge in [0.25, 0.3) is 5.91 Å². The van der Waals surface area contributed by atoms with E-state index in [-0.39, 0.29) is 22.2 Å². The summed E-state index contributed by atoms with van der Waals surface area (Å²) >= 11 is 0. The van der Waals surface area contributed by atoms with Gasteiger partial charge in [0, 0.05) is 25.2 Å². The molecule has 0 radical (unpaired) electrons. The lowest BCUT2D eigenvalue weighted by molar-refractivity contribution is 0.0953. The van der Waals surface area contributed by atoms with E-state index in [2.05, 4.69) is 16.5 Å². The van der Waals surface area contributed by atoms with Crippen molar-refractivity contribution in [3.05, 3.63) is 71.4 Å². The summed E-state index contributed by atoms with van der Waals surface area (Å²) in [5.41, 5.74) is 8.03. The maximum atomic E-state index is 12.7. The normalized spacial score (nSPS) is 11.4. The summed E-state index contributed by atoms with van der Waals surface area (Å²) in [5, 5.41) is 16.8. The van der Waals surface area contributed by atoms with Gasteiger partial charge in [0.15, 0.2) is 0 Å². The van der Waals surface area contributed by atoms with Crippen LogP contribution in [0.4, 0.5) is 5.82 Å². The number of anilines is 1. The van der Waals surface area contributed by atoms with E-state index in [1.54, 1.807) is 26.0 Å². The summed E-state index contributed by atoms with van der Waals surface area (Å²) in [6.07, 6.45) is 0.979. The average Bonchev–Trinajstić information content (AvgIpc) is 3.17. The summed E-state index contributed by atoms with van der Waals surface area (Å²) in [5.74, 6) is -0.0922. The minimum Gasteiger partial charge on any atom is -0.382 e. The van der Waals surface area contributed by atoms with Crippen LogP contribution in [0.3, 0.4) is 0 Å². The number of benzene rings is 2. The van der Waals surface area contributed by atoms with Crippen molar-refractivity contribution in [2.45, 2.75) is 31.6 Å². The number of sulfonamides is 1. The first-order valence-corrected chi connectivity index (χ1v) is 12.5. The zero-order chi connectivity index (χ0) is 24.7. The highest BCUT2D eigenvalue weighted by molar-refractivity contribution is 7.89. The molecule has 0 bridgehead atoms. The van der Waals surface area contributed by atoms with Crippen molar-refractivity contribution in [3.8, 4) is 11.8 Å². The predicted octanol–water partition coefficient (Wildman–Crippen LogP) is 2.72. The minimum absolute atomic E-state index is 0.0874. The molecule has 0 aliphatic carbocycles. The topological polar surface area (TPSA) is 134 Å². The molecule has 3 aromatic rings. The SMILES string of the molecule is CCN(CC)S(=O)(=O)c1cccc(C(=O)NCCCc2nn(-c3ccccc3)c(N)c2C#N)c1. The number of nitrogen functional groups attached to an aromatic ring is 1. The molecule has 0 spiro atoms. The second-order valence-corrected chi connectivity index (χ2v) is 9.48. The highest BCUT2D eigenvalue weighted by Gasteiger charge is 2.22. The number of aryl methyl sites for hydroxylation is 1. The molecule has 1 aromatic heterocycles. The molecule has 178 valence electrons. The number of rotatable bonds is 10. The number of carbonyl (C=O) groups excluding carboxylic acids is 1. The van der Waals surface area contributed by atoms with E-state index < -0.39 is 10.0 Å². The highest BCUT2D eigenvalue weighted by atomic mass is 32.2. The summed E-state index contributed by atoms with van der Waals surface area (Å²) in [4.78, 5) is 12.7. The predicted molar refractivity (Wildman–Crippen MR) is 130 cm³/mol. The van der Waals surface area contributed by atoms with Gasteiger partial charge in [-0.05, 0) is 43.2 Å². The van der Waals surface area contributed by atoms with Crippen molar-refractivity contribution in [2.75, 3.05) is 25.4 Å². The summed E-state index contributed by atoms with van der Waals surface area (Å²) in [6, 6.07) is 17.4. The van der Waals surface area contributed by atoms with E-state index >= 15 is 0 Å². The number of nitrogens with one attached hydrogen (secondary N) is 1. The summed E-state index contributed by atoms with van der Waals surface area (Å²) < 4.78 is 28.3. The van der Waals surface area contributed by atoms with Gasteiger partial charge in [0.05, 0.1) is 16.3 Å². The number of hydrogen-bond acceptors (Lipinski definition) is 6. The standard InChI is InChI=1S/C24H28N6O3S/c1-3-29(4-2)34(32,33)20-13-8-10-18(16-20)24(31)27-15-9-14-22-21(17-25)23(26)30(28-22)19-11-6-5-7-12-19/h5-8,10-13,16H,3-4,9,14-15,26H2,1-2H3,(H,27,31). The van der Waals surface area contributed by atoms with Crippen LogP contribution >= 0.6 is 0 Å². The number of carbonyl (C=O) groups is 1. The van der Waals surface area contributed by atoms with Gasteiger partial charge >= 0.3 is 0 Å². The van der Waals surface area contributed by atoms with Crippen LogP contribution in [0.15, 0.2) is 59.5 Å². The van der Waals surface area contributed by atoms with Crippen molar-refractivity contribution < 1.29 is 13.2 Å². The number of nitrogens with two attached hydrogens (primary N) is 1. The highest BCUT2D eigenvalue weighted by Crippen LogP contribution is 2.21. The van der Waals surface area contributed by atoms with Crippen LogP contribution in [0.25, 0.3) is 5.69 Å². The zero-order valence-corrected chi connectivity index (χ0v) is 20.0. The first kappa shape index (κ1) is 25.0. The molecule has 10 heteroatoms. The Hall–Kier alpha value is -3.68. The van der Waals surface area contributed by atoms with E-state index in [0.717, 1.165) is 5.69 Å². The van der Waals surface area contributed by atoms with Gasteiger partial charge < -0.3 is 11.1 Å². The van der Waals surface area contributed by atoms with Gasteiger partial charge in [0.2, 0.25) is 10.0 Å². The lowest BCUT2D eigenvalue weighted by atomic mass is 10.1. The zero-order valence-electron chi connectivity index (χ0n) is 19.2. The molecule has 0 saturated carbocycles. The second kappa shape index (κ2) is 11.0. The van der Waals surface area contributed by atoms with Gasteiger partial charge in [-0.25, -0.2) is 13.1 Å². The number of para-hydroxylation sites is 1. The Morgan fingerprint density at radius 2 is 1.85 bits per heavy atom. The van der Waals surface area contributed by atoms with Crippen LogP contribution in [0.1, 0.15) is 41.9 Å². The minimum atomic E-state index is -3.65. The van der Waals surface area contributed by atoms with Crippen LogP contribution in [-0.2, 0) is 16.4 Å². The van der Waals surface area contributed by atoms with Crippen LogP contribution < -0.4 is 11.1 Å². The fourth-order valence-corrected chi connectivity index (χ4v) is 5.12. The number of nitriles is 1. The molecule has 0 fully saturated rings. The lowest BCUT2D eigenvalue weighted by Crippen LogP contribution is -2.31. The second-order valence-electron chi connectivity index (χ2n) is 7.54. The largest absolute Gasteiger partial charge is 0.382 e. The number of aromatic nitrogens is 2. The van der Waals surface area contributed by atoms with E-state index in [4.69, 9.17) is 5.73 Å². The van der Waals surface area contributed by atoms with Crippen LogP contribution in [0, 0.1) is 11.3 Å². The monoisotopic (exact) mass is 480 g/mol. The molecule has 2 aromatic carbocycles. The van der Waals surface area contributed by atoms with Crippen LogP contribution in [0.5, 0.6) is 0 Å². The quantitative estimate of drug-likeness (QED) is 0.429. The molecule has 0 aliphatic heterocycles. The van der Waals surface area contributed by atoms with Crippen molar-refractivity contribution in [2.24, 2.45) is 0 Å². The Bertz CT molecular complexity index is 1290. The van der Waals surface area contributed by atoms with Gasteiger partial charge in [-0.1, -0.05) is 38.1 Å². The molecule has 3 N–H and O–H groups in total. The Balaban J connectivity index is 1.64. The molecule has 1 heterocycles. The first-order valence-electron chi connectivity index (χ1n) is 11.0.